The summed E-state index contributed by atoms with van der Waals surface area (Å²) < 4.78 is 32.6. The van der Waals surface area contributed by atoms with E-state index in [1.165, 1.54) is 36.4 Å². The Morgan fingerprint density at radius 3 is 2.62 bits per heavy atom. The zero-order valence-electron chi connectivity index (χ0n) is 14.1. The summed E-state index contributed by atoms with van der Waals surface area (Å²) in [6, 6.07) is 10.5. The zero-order valence-corrected chi connectivity index (χ0v) is 14.9. The Balaban J connectivity index is 1.75. The van der Waals surface area contributed by atoms with Crippen molar-refractivity contribution in [3.63, 3.8) is 0 Å². The van der Waals surface area contributed by atoms with Gasteiger partial charge in [-0.3, -0.25) is 9.52 Å². The number of hydrogen-bond donors (Lipinski definition) is 2. The molecule has 0 unspecified atom stereocenters. The highest BCUT2D eigenvalue weighted by atomic mass is 32.2. The van der Waals surface area contributed by atoms with Crippen LogP contribution in [0.2, 0.25) is 0 Å². The molecule has 3 rings (SSSR count). The standard InChI is InChI=1S/C18H18N2O5S/c1-2-9-25-18(22)12-3-5-14(6-4-12)20-26(23,24)15-7-8-16-13(10-15)11-17(21)19-16/h3-8,10,20H,2,9,11H2,1H3,(H,19,21). The maximum atomic E-state index is 12.5. The average Bonchev–Trinajstić information content (AvgIpc) is 2.99. The van der Waals surface area contributed by atoms with Gasteiger partial charge in [0.15, 0.2) is 0 Å². The summed E-state index contributed by atoms with van der Waals surface area (Å²) in [4.78, 5) is 23.2. The molecule has 7 nitrogen and oxygen atoms in total. The maximum absolute atomic E-state index is 12.5. The molecule has 2 N–H and O–H groups in total. The first-order valence-electron chi connectivity index (χ1n) is 8.12. The van der Waals surface area contributed by atoms with Gasteiger partial charge in [-0.2, -0.15) is 0 Å². The van der Waals surface area contributed by atoms with Gasteiger partial charge in [0.05, 0.1) is 23.5 Å². The Morgan fingerprint density at radius 1 is 1.19 bits per heavy atom. The highest BCUT2D eigenvalue weighted by Gasteiger charge is 2.22. The first-order chi connectivity index (χ1) is 12.4. The molecule has 0 atom stereocenters. The van der Waals surface area contributed by atoms with Gasteiger partial charge in [0, 0.05) is 11.4 Å². The van der Waals surface area contributed by atoms with Crippen molar-refractivity contribution < 1.29 is 22.7 Å². The second-order valence-corrected chi connectivity index (χ2v) is 7.55. The van der Waals surface area contributed by atoms with E-state index in [0.717, 1.165) is 6.42 Å². The van der Waals surface area contributed by atoms with Crippen LogP contribution >= 0.6 is 0 Å². The maximum Gasteiger partial charge on any atom is 0.338 e. The van der Waals surface area contributed by atoms with Crippen LogP contribution in [-0.2, 0) is 26.0 Å². The summed E-state index contributed by atoms with van der Waals surface area (Å²) in [7, 11) is -3.80. The lowest BCUT2D eigenvalue weighted by Gasteiger charge is -2.10. The van der Waals surface area contributed by atoms with E-state index < -0.39 is 16.0 Å². The van der Waals surface area contributed by atoms with E-state index in [-0.39, 0.29) is 17.2 Å². The number of rotatable bonds is 6. The van der Waals surface area contributed by atoms with Crippen molar-refractivity contribution in [1.82, 2.24) is 0 Å². The number of carbonyl (C=O) groups is 2. The minimum absolute atomic E-state index is 0.0687. The molecule has 0 aromatic heterocycles. The van der Waals surface area contributed by atoms with Gasteiger partial charge < -0.3 is 10.1 Å². The molecule has 0 bridgehead atoms. The number of carbonyl (C=O) groups excluding carboxylic acids is 2. The summed E-state index contributed by atoms with van der Waals surface area (Å²) >= 11 is 0. The number of benzene rings is 2. The molecule has 136 valence electrons. The number of amides is 1. The number of ether oxygens (including phenoxy) is 1. The van der Waals surface area contributed by atoms with E-state index in [9.17, 15) is 18.0 Å². The van der Waals surface area contributed by atoms with Gasteiger partial charge in [0.25, 0.3) is 10.0 Å². The van der Waals surface area contributed by atoms with Gasteiger partial charge >= 0.3 is 5.97 Å². The van der Waals surface area contributed by atoms with E-state index in [1.807, 2.05) is 6.92 Å². The first-order valence-corrected chi connectivity index (χ1v) is 9.60. The fourth-order valence-corrected chi connectivity index (χ4v) is 3.65. The molecule has 1 amide bonds. The smallest absolute Gasteiger partial charge is 0.338 e. The topological polar surface area (TPSA) is 102 Å². The van der Waals surface area contributed by atoms with Crippen molar-refractivity contribution >= 4 is 33.3 Å². The van der Waals surface area contributed by atoms with Gasteiger partial charge in [0.1, 0.15) is 0 Å². The molecule has 2 aromatic carbocycles. The van der Waals surface area contributed by atoms with Crippen LogP contribution in [0.3, 0.4) is 0 Å². The molecule has 0 radical (unpaired) electrons. The zero-order chi connectivity index (χ0) is 18.7. The number of sulfonamides is 1. The van der Waals surface area contributed by atoms with Gasteiger partial charge in [-0.25, -0.2) is 13.2 Å². The molecule has 2 aromatic rings. The quantitative estimate of drug-likeness (QED) is 0.757. The lowest BCUT2D eigenvalue weighted by Crippen LogP contribution is -2.13. The van der Waals surface area contributed by atoms with Crippen LogP contribution in [0.25, 0.3) is 0 Å². The van der Waals surface area contributed by atoms with Crippen molar-refractivity contribution in [3.8, 4) is 0 Å². The highest BCUT2D eigenvalue weighted by molar-refractivity contribution is 7.92. The fourth-order valence-electron chi connectivity index (χ4n) is 2.54. The van der Waals surface area contributed by atoms with E-state index in [4.69, 9.17) is 4.74 Å². The second-order valence-electron chi connectivity index (χ2n) is 5.86. The van der Waals surface area contributed by atoms with Crippen LogP contribution in [0.15, 0.2) is 47.4 Å². The van der Waals surface area contributed by atoms with Gasteiger partial charge in [0.2, 0.25) is 5.91 Å². The fraction of sp³-hybridized carbons (Fsp3) is 0.222. The minimum atomic E-state index is -3.80. The predicted molar refractivity (Wildman–Crippen MR) is 96.6 cm³/mol. The molecule has 0 spiro atoms. The largest absolute Gasteiger partial charge is 0.462 e. The second kappa shape index (κ2) is 7.17. The Bertz CT molecular complexity index is 952. The van der Waals surface area contributed by atoms with Crippen molar-refractivity contribution in [1.29, 1.82) is 0 Å². The Morgan fingerprint density at radius 2 is 1.92 bits per heavy atom. The average molecular weight is 374 g/mol. The summed E-state index contributed by atoms with van der Waals surface area (Å²) in [6.07, 6.45) is 0.888. The molecule has 1 heterocycles. The Hall–Kier alpha value is -2.87. The molecule has 8 heteroatoms. The molecule has 1 aliphatic heterocycles. The van der Waals surface area contributed by atoms with E-state index in [1.54, 1.807) is 6.07 Å². The van der Waals surface area contributed by atoms with Crippen LogP contribution in [0, 0.1) is 0 Å². The van der Waals surface area contributed by atoms with Crippen LogP contribution < -0.4 is 10.0 Å². The molecule has 0 saturated heterocycles. The molecule has 1 aliphatic rings. The molecule has 0 aliphatic carbocycles. The van der Waals surface area contributed by atoms with Crippen molar-refractivity contribution in [2.45, 2.75) is 24.7 Å². The molecule has 0 fully saturated rings. The van der Waals surface area contributed by atoms with E-state index in [0.29, 0.717) is 29.1 Å². The predicted octanol–water partition coefficient (Wildman–Crippen LogP) is 2.55. The Labute approximate surface area is 151 Å². The monoisotopic (exact) mass is 374 g/mol. The van der Waals surface area contributed by atoms with Crippen molar-refractivity contribution in [3.05, 3.63) is 53.6 Å². The molecular formula is C18H18N2O5S. The summed E-state index contributed by atoms with van der Waals surface area (Å²) in [6.45, 7) is 2.24. The number of anilines is 2. The number of hydrogen-bond acceptors (Lipinski definition) is 5. The minimum Gasteiger partial charge on any atom is -0.462 e. The number of fused-ring (bicyclic) bond motifs is 1. The molecule has 0 saturated carbocycles. The molecule has 26 heavy (non-hydrogen) atoms. The summed E-state index contributed by atoms with van der Waals surface area (Å²) in [5, 5.41) is 2.66. The van der Waals surface area contributed by atoms with Crippen LogP contribution in [0.1, 0.15) is 29.3 Å². The summed E-state index contributed by atoms with van der Waals surface area (Å²) in [5.74, 6) is -0.606. The third-order valence-electron chi connectivity index (χ3n) is 3.82. The number of esters is 1. The first kappa shape index (κ1) is 17.9. The molecular weight excluding hydrogens is 356 g/mol. The Kier molecular flexibility index (Phi) is 4.94. The van der Waals surface area contributed by atoms with Gasteiger partial charge in [-0.15, -0.1) is 0 Å². The number of nitrogens with one attached hydrogen (secondary N) is 2. The highest BCUT2D eigenvalue weighted by Crippen LogP contribution is 2.26. The normalized spacial score (nSPS) is 13.0. The van der Waals surface area contributed by atoms with Gasteiger partial charge in [-0.05, 0) is 54.4 Å². The van der Waals surface area contributed by atoms with Gasteiger partial charge in [-0.1, -0.05) is 6.92 Å². The van der Waals surface area contributed by atoms with E-state index >= 15 is 0 Å². The van der Waals surface area contributed by atoms with Crippen LogP contribution in [-0.4, -0.2) is 26.9 Å². The van der Waals surface area contributed by atoms with E-state index in [2.05, 4.69) is 10.0 Å². The lowest BCUT2D eigenvalue weighted by atomic mass is 10.2. The summed E-state index contributed by atoms with van der Waals surface area (Å²) in [5.41, 5.74) is 1.95. The third kappa shape index (κ3) is 3.85. The third-order valence-corrected chi connectivity index (χ3v) is 5.20. The van der Waals surface area contributed by atoms with Crippen LogP contribution in [0.4, 0.5) is 11.4 Å². The van der Waals surface area contributed by atoms with Crippen molar-refractivity contribution in [2.75, 3.05) is 16.6 Å². The lowest BCUT2D eigenvalue weighted by molar-refractivity contribution is -0.115. The van der Waals surface area contributed by atoms with Crippen molar-refractivity contribution in [2.24, 2.45) is 0 Å². The van der Waals surface area contributed by atoms with Crippen LogP contribution in [0.5, 0.6) is 0 Å². The SMILES string of the molecule is CCCOC(=O)c1ccc(NS(=O)(=O)c2ccc3c(c2)CC(=O)N3)cc1.